The van der Waals surface area contributed by atoms with Crippen LogP contribution in [0.1, 0.15) is 17.6 Å². The Kier molecular flexibility index (Phi) is 4.25. The number of hydrogen-bond acceptors (Lipinski definition) is 9. The second kappa shape index (κ2) is 6.10. The van der Waals surface area contributed by atoms with Crippen LogP contribution >= 0.6 is 11.8 Å². The lowest BCUT2D eigenvalue weighted by Gasteiger charge is -1.95. The van der Waals surface area contributed by atoms with Crippen LogP contribution in [-0.4, -0.2) is 32.7 Å². The van der Waals surface area contributed by atoms with Crippen molar-refractivity contribution in [3.05, 3.63) is 34.3 Å². The zero-order chi connectivity index (χ0) is 14.5. The van der Waals surface area contributed by atoms with Gasteiger partial charge < -0.3 is 19.3 Å². The van der Waals surface area contributed by atoms with Crippen molar-refractivity contribution in [1.29, 1.82) is 0 Å². The van der Waals surface area contributed by atoms with Crippen LogP contribution in [-0.2, 0) is 4.74 Å². The molecule has 0 aromatic carbocycles. The molecule has 0 N–H and O–H groups in total. The number of rotatable bonds is 5. The first-order valence-corrected chi connectivity index (χ1v) is 6.20. The lowest BCUT2D eigenvalue weighted by molar-refractivity contribution is -0.389. The summed E-state index contributed by atoms with van der Waals surface area (Å²) in [5.41, 5.74) is 0. The highest BCUT2D eigenvalue weighted by molar-refractivity contribution is 7.99. The summed E-state index contributed by atoms with van der Waals surface area (Å²) in [5, 5.41) is 17.8. The van der Waals surface area contributed by atoms with Crippen LogP contribution in [0.5, 0.6) is 0 Å². The van der Waals surface area contributed by atoms with E-state index in [9.17, 15) is 14.9 Å². The number of carbonyl (C=O) groups is 1. The Morgan fingerprint density at radius 2 is 2.30 bits per heavy atom. The molecule has 0 saturated carbocycles. The Bertz CT molecular complexity index is 627. The average Bonchev–Trinajstić information content (AvgIpc) is 2.88. The average molecular weight is 296 g/mol. The fourth-order valence-corrected chi connectivity index (χ4v) is 1.81. The van der Waals surface area contributed by atoms with Crippen LogP contribution in [0.4, 0.5) is 5.82 Å². The van der Waals surface area contributed by atoms with Gasteiger partial charge in [0.15, 0.2) is 6.20 Å². The summed E-state index contributed by atoms with van der Waals surface area (Å²) in [7, 11) is 0. The zero-order valence-electron chi connectivity index (χ0n) is 10.2. The number of hydrogen-bond donors (Lipinski definition) is 0. The molecule has 0 radical (unpaired) electrons. The van der Waals surface area contributed by atoms with Gasteiger partial charge in [-0.1, -0.05) is 5.10 Å². The van der Waals surface area contributed by atoms with Gasteiger partial charge in [0.05, 0.1) is 11.5 Å². The van der Waals surface area contributed by atoms with Crippen molar-refractivity contribution in [3.8, 4) is 0 Å². The lowest BCUT2D eigenvalue weighted by atomic mass is 10.5. The molecule has 0 bridgehead atoms. The maximum atomic E-state index is 11.3. The topological polar surface area (TPSA) is 121 Å². The molecule has 2 heterocycles. The molecule has 104 valence electrons. The van der Waals surface area contributed by atoms with Gasteiger partial charge in [-0.3, -0.25) is 0 Å². The highest BCUT2D eigenvalue weighted by atomic mass is 32.2. The molecule has 9 nitrogen and oxygen atoms in total. The predicted octanol–water partition coefficient (Wildman–Crippen LogP) is 1.70. The van der Waals surface area contributed by atoms with Crippen molar-refractivity contribution in [3.63, 3.8) is 0 Å². The van der Waals surface area contributed by atoms with E-state index in [0.717, 1.165) is 11.8 Å². The largest absolute Gasteiger partial charge is 0.459 e. The van der Waals surface area contributed by atoms with E-state index in [4.69, 9.17) is 9.15 Å². The normalized spacial score (nSPS) is 10.2. The molecular weight excluding hydrogens is 288 g/mol. The molecule has 0 fully saturated rings. The van der Waals surface area contributed by atoms with Crippen molar-refractivity contribution in [2.75, 3.05) is 6.61 Å². The third kappa shape index (κ3) is 3.29. The second-order valence-electron chi connectivity index (χ2n) is 3.30. The number of esters is 1. The molecule has 10 heteroatoms. The van der Waals surface area contributed by atoms with Crippen LogP contribution in [0.2, 0.25) is 0 Å². The molecule has 0 spiro atoms. The monoisotopic (exact) mass is 296 g/mol. The van der Waals surface area contributed by atoms with Crippen molar-refractivity contribution < 1.29 is 18.9 Å². The minimum Gasteiger partial charge on any atom is -0.459 e. The Balaban J connectivity index is 2.06. The molecule has 0 amide bonds. The van der Waals surface area contributed by atoms with Crippen LogP contribution < -0.4 is 0 Å². The number of nitro groups is 1. The van der Waals surface area contributed by atoms with E-state index in [2.05, 4.69) is 15.2 Å². The fraction of sp³-hybridized carbons (Fsp3) is 0.200. The first-order chi connectivity index (χ1) is 9.60. The molecular formula is C10H8N4O5S. The summed E-state index contributed by atoms with van der Waals surface area (Å²) in [6, 6.07) is 2.75. The van der Waals surface area contributed by atoms with E-state index in [1.807, 2.05) is 0 Å². The van der Waals surface area contributed by atoms with Crippen molar-refractivity contribution in [2.45, 2.75) is 17.0 Å². The van der Waals surface area contributed by atoms with Gasteiger partial charge in [-0.2, -0.15) is 0 Å². The minimum absolute atomic E-state index is 0.115. The van der Waals surface area contributed by atoms with Crippen molar-refractivity contribution >= 4 is 23.5 Å². The summed E-state index contributed by atoms with van der Waals surface area (Å²) in [5.74, 6) is -1.20. The van der Waals surface area contributed by atoms with Crippen LogP contribution in [0, 0.1) is 10.1 Å². The molecule has 2 aromatic rings. The molecule has 2 rings (SSSR count). The smallest absolute Gasteiger partial charge is 0.396 e. The second-order valence-corrected chi connectivity index (χ2v) is 4.33. The van der Waals surface area contributed by atoms with Gasteiger partial charge in [0.25, 0.3) is 5.22 Å². The van der Waals surface area contributed by atoms with Crippen LogP contribution in [0.15, 0.2) is 32.9 Å². The maximum absolute atomic E-state index is 11.3. The summed E-state index contributed by atoms with van der Waals surface area (Å²) >= 11 is 1.03. The van der Waals surface area contributed by atoms with Gasteiger partial charge in [0, 0.05) is 6.07 Å². The maximum Gasteiger partial charge on any atom is 0.396 e. The summed E-state index contributed by atoms with van der Waals surface area (Å²) in [6.45, 7) is 1.86. The number of ether oxygens (including phenoxy) is 1. The first-order valence-electron chi connectivity index (χ1n) is 5.39. The van der Waals surface area contributed by atoms with Crippen LogP contribution in [0.25, 0.3) is 0 Å². The molecule has 20 heavy (non-hydrogen) atoms. The predicted molar refractivity (Wildman–Crippen MR) is 65.3 cm³/mol. The van der Waals surface area contributed by atoms with E-state index >= 15 is 0 Å². The summed E-state index contributed by atoms with van der Waals surface area (Å²) in [4.78, 5) is 25.4. The van der Waals surface area contributed by atoms with Crippen molar-refractivity contribution in [2.24, 2.45) is 0 Å². The minimum atomic E-state index is -0.700. The van der Waals surface area contributed by atoms with Gasteiger partial charge in [-0.25, -0.2) is 4.79 Å². The fourth-order valence-electron chi connectivity index (χ4n) is 1.17. The Labute approximate surface area is 116 Å². The molecule has 2 aromatic heterocycles. The lowest BCUT2D eigenvalue weighted by Crippen LogP contribution is -2.04. The van der Waals surface area contributed by atoms with Gasteiger partial charge >= 0.3 is 17.7 Å². The van der Waals surface area contributed by atoms with Gasteiger partial charge in [0.1, 0.15) is 0 Å². The first kappa shape index (κ1) is 13.9. The number of nitrogens with zero attached hydrogens (tertiary/aromatic N) is 4. The Morgan fingerprint density at radius 3 is 2.90 bits per heavy atom. The molecule has 0 aliphatic rings. The van der Waals surface area contributed by atoms with E-state index < -0.39 is 10.9 Å². The van der Waals surface area contributed by atoms with Crippen molar-refractivity contribution in [1.82, 2.24) is 15.2 Å². The molecule has 0 saturated heterocycles. The molecule has 0 aliphatic heterocycles. The zero-order valence-corrected chi connectivity index (χ0v) is 11.0. The van der Waals surface area contributed by atoms with E-state index in [1.165, 1.54) is 18.3 Å². The Hall–Kier alpha value is -2.49. The van der Waals surface area contributed by atoms with E-state index in [0.29, 0.717) is 4.90 Å². The van der Waals surface area contributed by atoms with E-state index in [-0.39, 0.29) is 23.5 Å². The highest BCUT2D eigenvalue weighted by Gasteiger charge is 2.17. The number of pyridine rings is 1. The molecule has 0 unspecified atom stereocenters. The number of aromatic nitrogens is 3. The molecule has 0 atom stereocenters. The summed E-state index contributed by atoms with van der Waals surface area (Å²) in [6.07, 6.45) is 1.30. The summed E-state index contributed by atoms with van der Waals surface area (Å²) < 4.78 is 9.79. The van der Waals surface area contributed by atoms with Gasteiger partial charge in [0.2, 0.25) is 0 Å². The SMILES string of the molecule is CCOC(=O)c1nnc(Sc2ccc([N+](=O)[O-])nc2)o1. The standard InChI is InChI=1S/C10H8N4O5S/c1-2-18-9(15)8-12-13-10(19-8)20-6-3-4-7(11-5-6)14(16)17/h3-5H,2H2,1H3. The molecule has 0 aliphatic carbocycles. The third-order valence-corrected chi connectivity index (χ3v) is 2.79. The highest BCUT2D eigenvalue weighted by Crippen LogP contribution is 2.26. The quantitative estimate of drug-likeness (QED) is 0.460. The van der Waals surface area contributed by atoms with E-state index in [1.54, 1.807) is 6.92 Å². The number of carbonyl (C=O) groups excluding carboxylic acids is 1. The van der Waals surface area contributed by atoms with Gasteiger partial charge in [-0.15, -0.1) is 5.10 Å². The Morgan fingerprint density at radius 1 is 1.50 bits per heavy atom. The van der Waals surface area contributed by atoms with Crippen LogP contribution in [0.3, 0.4) is 0 Å². The van der Waals surface area contributed by atoms with Gasteiger partial charge in [-0.05, 0) is 34.7 Å². The third-order valence-electron chi connectivity index (χ3n) is 1.97.